The van der Waals surface area contributed by atoms with Crippen molar-refractivity contribution in [2.24, 2.45) is 0 Å². The Morgan fingerprint density at radius 3 is 2.24 bits per heavy atom. The summed E-state index contributed by atoms with van der Waals surface area (Å²) < 4.78 is 6.46. The van der Waals surface area contributed by atoms with Crippen LogP contribution < -0.4 is 15.6 Å². The largest absolute Gasteiger partial charge is 0.497 e. The molecule has 9 heteroatoms. The second-order valence-electron chi connectivity index (χ2n) is 7.77. The van der Waals surface area contributed by atoms with Gasteiger partial charge < -0.3 is 10.1 Å². The Hall–Kier alpha value is -4.27. The number of aromatic nitrogens is 2. The van der Waals surface area contributed by atoms with E-state index in [0.29, 0.717) is 23.2 Å². The van der Waals surface area contributed by atoms with Gasteiger partial charge in [-0.15, -0.1) is 0 Å². The molecule has 1 aliphatic heterocycles. The van der Waals surface area contributed by atoms with Crippen LogP contribution in [0.5, 0.6) is 5.75 Å². The molecule has 0 fully saturated rings. The molecule has 0 saturated heterocycles. The summed E-state index contributed by atoms with van der Waals surface area (Å²) in [5.74, 6) is -0.162. The third-order valence-electron chi connectivity index (χ3n) is 5.56. The first-order chi connectivity index (χ1) is 16.5. The molecule has 0 atom stereocenters. The predicted molar refractivity (Wildman–Crippen MR) is 125 cm³/mol. The summed E-state index contributed by atoms with van der Waals surface area (Å²) in [7, 11) is 1.59. The minimum absolute atomic E-state index is 0.154. The van der Waals surface area contributed by atoms with E-state index in [0.717, 1.165) is 11.3 Å². The first kappa shape index (κ1) is 22.9. The molecule has 2 heterocycles. The lowest BCUT2D eigenvalue weighted by Crippen LogP contribution is -2.33. The molecule has 9 nitrogen and oxygen atoms in total. The fourth-order valence-corrected chi connectivity index (χ4v) is 3.75. The number of nitrogens with one attached hydrogen (secondary N) is 1. The standard InChI is InChI=1S/C25H24N4O5/c1-34-18-10-8-17(9-11-18)21-12-13-23(31)29(27-21)16-14-26-22(30)7-4-15-28-24(32)19-5-2-3-6-20(19)25(28)33/h2-3,5-6,8-13H,4,7,14-16H2,1H3,(H,26,30). The smallest absolute Gasteiger partial charge is 0.266 e. The first-order valence-corrected chi connectivity index (χ1v) is 10.9. The van der Waals surface area contributed by atoms with Gasteiger partial charge in [0.2, 0.25) is 5.91 Å². The van der Waals surface area contributed by atoms with Crippen LogP contribution in [0.15, 0.2) is 65.5 Å². The molecule has 0 radical (unpaired) electrons. The quantitative estimate of drug-likeness (QED) is 0.490. The van der Waals surface area contributed by atoms with Gasteiger partial charge in [0.25, 0.3) is 17.4 Å². The highest BCUT2D eigenvalue weighted by molar-refractivity contribution is 6.21. The second kappa shape index (κ2) is 10.1. The van der Waals surface area contributed by atoms with Crippen LogP contribution in [-0.2, 0) is 11.3 Å². The number of methoxy groups -OCH3 is 1. The number of amides is 3. The zero-order valence-electron chi connectivity index (χ0n) is 18.7. The summed E-state index contributed by atoms with van der Waals surface area (Å²) in [4.78, 5) is 50.3. The SMILES string of the molecule is COc1ccc(-c2ccc(=O)n(CCNC(=O)CCCN3C(=O)c4ccccc4C3=O)n2)cc1. The molecule has 1 N–H and O–H groups in total. The van der Waals surface area contributed by atoms with Crippen molar-refractivity contribution in [3.8, 4) is 17.0 Å². The zero-order valence-corrected chi connectivity index (χ0v) is 18.7. The highest BCUT2D eigenvalue weighted by Gasteiger charge is 2.34. The van der Waals surface area contributed by atoms with Crippen molar-refractivity contribution in [1.82, 2.24) is 20.0 Å². The number of hydrogen-bond donors (Lipinski definition) is 1. The molecule has 0 bridgehead atoms. The summed E-state index contributed by atoms with van der Waals surface area (Å²) in [6.45, 7) is 0.614. The van der Waals surface area contributed by atoms with Gasteiger partial charge in [-0.25, -0.2) is 4.68 Å². The Bertz CT molecular complexity index is 1250. The molecular weight excluding hydrogens is 436 g/mol. The molecule has 0 aliphatic carbocycles. The van der Waals surface area contributed by atoms with E-state index in [-0.39, 0.29) is 49.3 Å². The molecule has 0 saturated carbocycles. The van der Waals surface area contributed by atoms with Crippen molar-refractivity contribution in [2.45, 2.75) is 19.4 Å². The van der Waals surface area contributed by atoms with E-state index in [2.05, 4.69) is 10.4 Å². The summed E-state index contributed by atoms with van der Waals surface area (Å²) >= 11 is 0. The van der Waals surface area contributed by atoms with Crippen molar-refractivity contribution in [2.75, 3.05) is 20.2 Å². The number of carbonyl (C=O) groups is 3. The van der Waals surface area contributed by atoms with Crippen LogP contribution >= 0.6 is 0 Å². The number of rotatable bonds is 9. The van der Waals surface area contributed by atoms with Gasteiger partial charge in [0, 0.05) is 31.1 Å². The number of hydrogen-bond acceptors (Lipinski definition) is 6. The van der Waals surface area contributed by atoms with E-state index in [1.165, 1.54) is 15.6 Å². The van der Waals surface area contributed by atoms with Gasteiger partial charge in [0.1, 0.15) is 5.75 Å². The molecule has 34 heavy (non-hydrogen) atoms. The topological polar surface area (TPSA) is 111 Å². The van der Waals surface area contributed by atoms with Crippen molar-refractivity contribution >= 4 is 17.7 Å². The molecule has 3 amide bonds. The zero-order chi connectivity index (χ0) is 24.1. The Morgan fingerprint density at radius 1 is 0.912 bits per heavy atom. The van der Waals surface area contributed by atoms with E-state index in [9.17, 15) is 19.2 Å². The summed E-state index contributed by atoms with van der Waals surface area (Å²) in [6, 6.07) is 17.1. The van der Waals surface area contributed by atoms with Gasteiger partial charge in [0.15, 0.2) is 0 Å². The Morgan fingerprint density at radius 2 is 1.59 bits per heavy atom. The highest BCUT2D eigenvalue weighted by atomic mass is 16.5. The van der Waals surface area contributed by atoms with Crippen LogP contribution in [0.25, 0.3) is 11.3 Å². The lowest BCUT2D eigenvalue weighted by atomic mass is 10.1. The first-order valence-electron chi connectivity index (χ1n) is 10.9. The van der Waals surface area contributed by atoms with Gasteiger partial charge in [-0.2, -0.15) is 5.10 Å². The minimum Gasteiger partial charge on any atom is -0.497 e. The van der Waals surface area contributed by atoms with Crippen LogP contribution in [0, 0.1) is 0 Å². The predicted octanol–water partition coefficient (Wildman–Crippen LogP) is 2.11. The third kappa shape index (κ3) is 4.88. The minimum atomic E-state index is -0.330. The lowest BCUT2D eigenvalue weighted by molar-refractivity contribution is -0.121. The molecular formula is C25H24N4O5. The molecule has 174 valence electrons. The number of fused-ring (bicyclic) bond motifs is 1. The average molecular weight is 460 g/mol. The molecule has 0 unspecified atom stereocenters. The monoisotopic (exact) mass is 460 g/mol. The number of ether oxygens (including phenoxy) is 1. The molecule has 1 aromatic heterocycles. The molecule has 1 aliphatic rings. The van der Waals surface area contributed by atoms with E-state index < -0.39 is 0 Å². The molecule has 0 spiro atoms. The number of benzene rings is 2. The van der Waals surface area contributed by atoms with Crippen molar-refractivity contribution in [3.63, 3.8) is 0 Å². The van der Waals surface area contributed by atoms with Gasteiger partial charge in [-0.3, -0.25) is 24.1 Å². The van der Waals surface area contributed by atoms with Crippen LogP contribution in [0.1, 0.15) is 33.6 Å². The van der Waals surface area contributed by atoms with Crippen LogP contribution in [0.2, 0.25) is 0 Å². The van der Waals surface area contributed by atoms with Crippen LogP contribution in [0.3, 0.4) is 0 Å². The number of nitrogens with zero attached hydrogens (tertiary/aromatic N) is 3. The van der Waals surface area contributed by atoms with E-state index in [4.69, 9.17) is 4.74 Å². The number of carbonyl (C=O) groups excluding carboxylic acids is 3. The second-order valence-corrected chi connectivity index (χ2v) is 7.77. The fraction of sp³-hybridized carbons (Fsp3) is 0.240. The van der Waals surface area contributed by atoms with Crippen molar-refractivity contribution < 1.29 is 19.1 Å². The summed E-state index contributed by atoms with van der Waals surface area (Å²) in [6.07, 6.45) is 0.504. The third-order valence-corrected chi connectivity index (χ3v) is 5.56. The van der Waals surface area contributed by atoms with Crippen LogP contribution in [0.4, 0.5) is 0 Å². The summed E-state index contributed by atoms with van der Waals surface area (Å²) in [5, 5.41) is 7.13. The van der Waals surface area contributed by atoms with E-state index in [1.54, 1.807) is 37.4 Å². The van der Waals surface area contributed by atoms with Crippen molar-refractivity contribution in [3.05, 3.63) is 82.1 Å². The van der Waals surface area contributed by atoms with Gasteiger partial charge in [0.05, 0.1) is 30.5 Å². The van der Waals surface area contributed by atoms with E-state index in [1.807, 2.05) is 24.3 Å². The highest BCUT2D eigenvalue weighted by Crippen LogP contribution is 2.22. The number of imide groups is 1. The van der Waals surface area contributed by atoms with Gasteiger partial charge >= 0.3 is 0 Å². The van der Waals surface area contributed by atoms with Crippen molar-refractivity contribution in [1.29, 1.82) is 0 Å². The lowest BCUT2D eigenvalue weighted by Gasteiger charge is -2.13. The Balaban J connectivity index is 1.25. The molecule has 4 rings (SSSR count). The Kier molecular flexibility index (Phi) is 6.82. The fourth-order valence-electron chi connectivity index (χ4n) is 3.75. The summed E-state index contributed by atoms with van der Waals surface area (Å²) in [5.41, 5.74) is 2.00. The normalized spacial score (nSPS) is 12.6. The van der Waals surface area contributed by atoms with Gasteiger partial charge in [-0.05, 0) is 48.9 Å². The van der Waals surface area contributed by atoms with E-state index >= 15 is 0 Å². The van der Waals surface area contributed by atoms with Gasteiger partial charge in [-0.1, -0.05) is 12.1 Å². The average Bonchev–Trinajstić information content (AvgIpc) is 3.10. The van der Waals surface area contributed by atoms with Crippen LogP contribution in [-0.4, -0.2) is 52.6 Å². The maximum absolute atomic E-state index is 12.4. The maximum Gasteiger partial charge on any atom is 0.266 e. The molecule has 3 aromatic rings. The maximum atomic E-state index is 12.4. The Labute approximate surface area is 196 Å². The molecule has 2 aromatic carbocycles.